The molecule has 1 aliphatic heterocycles. The van der Waals surface area contributed by atoms with E-state index in [9.17, 15) is 0 Å². The number of nitrogens with zero attached hydrogens (tertiary/aromatic N) is 2. The lowest BCUT2D eigenvalue weighted by Crippen LogP contribution is -2.39. The molecule has 1 unspecified atom stereocenters. The van der Waals surface area contributed by atoms with E-state index in [1.807, 2.05) is 0 Å². The second kappa shape index (κ2) is 12.8. The first-order valence-electron chi connectivity index (χ1n) is 10.7. The van der Waals surface area contributed by atoms with Crippen molar-refractivity contribution in [3.05, 3.63) is 65.2 Å². The van der Waals surface area contributed by atoms with Crippen LogP contribution >= 0.6 is 24.0 Å². The molecule has 0 aliphatic carbocycles. The van der Waals surface area contributed by atoms with Gasteiger partial charge in [0.25, 0.3) is 0 Å². The molecule has 1 aliphatic rings. The molecule has 0 radical (unpaired) electrons. The summed E-state index contributed by atoms with van der Waals surface area (Å²) in [7, 11) is 0. The molecule has 2 aromatic rings. The molecule has 6 heteroatoms. The molecule has 5 nitrogen and oxygen atoms in total. The first kappa shape index (κ1) is 24.5. The van der Waals surface area contributed by atoms with Crippen molar-refractivity contribution in [2.24, 2.45) is 4.99 Å². The molecule has 3 rings (SSSR count). The second-order valence-corrected chi connectivity index (χ2v) is 7.62. The van der Waals surface area contributed by atoms with Crippen LogP contribution in [0.1, 0.15) is 36.5 Å². The number of halogens is 1. The number of benzene rings is 2. The SMILES string of the molecule is CCNC(=NCc1ccccc1N1CCOCC1)NCC(C)c1ccc(C)cc1.I. The minimum atomic E-state index is 0. The van der Waals surface area contributed by atoms with Gasteiger partial charge < -0.3 is 20.3 Å². The third kappa shape index (κ3) is 7.16. The maximum Gasteiger partial charge on any atom is 0.191 e. The molecule has 0 amide bonds. The lowest BCUT2D eigenvalue weighted by Gasteiger charge is -2.30. The van der Waals surface area contributed by atoms with E-state index >= 15 is 0 Å². The maximum absolute atomic E-state index is 5.50. The van der Waals surface area contributed by atoms with Crippen molar-refractivity contribution < 1.29 is 4.74 Å². The summed E-state index contributed by atoms with van der Waals surface area (Å²) in [6, 6.07) is 17.3. The predicted octanol–water partition coefficient (Wildman–Crippen LogP) is 4.31. The first-order chi connectivity index (χ1) is 14.2. The van der Waals surface area contributed by atoms with Crippen molar-refractivity contribution in [1.29, 1.82) is 0 Å². The van der Waals surface area contributed by atoms with E-state index < -0.39 is 0 Å². The lowest BCUT2D eigenvalue weighted by atomic mass is 10.0. The predicted molar refractivity (Wildman–Crippen MR) is 137 cm³/mol. The minimum absolute atomic E-state index is 0. The van der Waals surface area contributed by atoms with Gasteiger partial charge in [-0.3, -0.25) is 0 Å². The molecule has 30 heavy (non-hydrogen) atoms. The Hall–Kier alpha value is -1.80. The molecule has 1 atom stereocenters. The molecule has 0 saturated carbocycles. The van der Waals surface area contributed by atoms with Crippen LogP contribution in [0.5, 0.6) is 0 Å². The summed E-state index contributed by atoms with van der Waals surface area (Å²) in [5.41, 5.74) is 5.15. The van der Waals surface area contributed by atoms with Crippen LogP contribution in [-0.2, 0) is 11.3 Å². The molecule has 2 N–H and O–H groups in total. The van der Waals surface area contributed by atoms with Crippen molar-refractivity contribution in [3.8, 4) is 0 Å². The summed E-state index contributed by atoms with van der Waals surface area (Å²) in [5.74, 6) is 1.28. The van der Waals surface area contributed by atoms with Crippen molar-refractivity contribution in [2.45, 2.75) is 33.2 Å². The fourth-order valence-corrected chi connectivity index (χ4v) is 3.53. The van der Waals surface area contributed by atoms with Crippen LogP contribution in [0.4, 0.5) is 5.69 Å². The van der Waals surface area contributed by atoms with Gasteiger partial charge in [0.05, 0.1) is 19.8 Å². The molecule has 0 bridgehead atoms. The lowest BCUT2D eigenvalue weighted by molar-refractivity contribution is 0.122. The minimum Gasteiger partial charge on any atom is -0.378 e. The van der Waals surface area contributed by atoms with Gasteiger partial charge in [0.1, 0.15) is 0 Å². The van der Waals surface area contributed by atoms with Crippen molar-refractivity contribution in [2.75, 3.05) is 44.3 Å². The number of hydrogen-bond acceptors (Lipinski definition) is 3. The molecule has 0 spiro atoms. The summed E-state index contributed by atoms with van der Waals surface area (Å²) in [6.45, 7) is 12.3. The zero-order chi connectivity index (χ0) is 20.5. The quantitative estimate of drug-likeness (QED) is 0.324. The Balaban J connectivity index is 0.00000320. The molecular formula is C24H35IN4O. The Kier molecular flexibility index (Phi) is 10.4. The van der Waals surface area contributed by atoms with E-state index in [0.29, 0.717) is 12.5 Å². The Morgan fingerprint density at radius 1 is 1.07 bits per heavy atom. The Morgan fingerprint density at radius 3 is 2.47 bits per heavy atom. The normalized spacial score (nSPS) is 15.3. The molecule has 164 valence electrons. The van der Waals surface area contributed by atoms with Crippen molar-refractivity contribution in [3.63, 3.8) is 0 Å². The summed E-state index contributed by atoms with van der Waals surface area (Å²) in [6.07, 6.45) is 0. The summed E-state index contributed by atoms with van der Waals surface area (Å²) < 4.78 is 5.50. The fourth-order valence-electron chi connectivity index (χ4n) is 3.53. The van der Waals surface area contributed by atoms with E-state index in [4.69, 9.17) is 9.73 Å². The molecule has 1 heterocycles. The first-order valence-corrected chi connectivity index (χ1v) is 10.7. The Bertz CT molecular complexity index is 788. The van der Waals surface area contributed by atoms with Crippen LogP contribution in [0.3, 0.4) is 0 Å². The van der Waals surface area contributed by atoms with Gasteiger partial charge in [-0.1, -0.05) is 55.0 Å². The monoisotopic (exact) mass is 522 g/mol. The average Bonchev–Trinajstić information content (AvgIpc) is 2.77. The zero-order valence-corrected chi connectivity index (χ0v) is 20.7. The number of nitrogens with one attached hydrogen (secondary N) is 2. The van der Waals surface area contributed by atoms with Crippen LogP contribution in [0.25, 0.3) is 0 Å². The van der Waals surface area contributed by atoms with Crippen LogP contribution in [0.15, 0.2) is 53.5 Å². The highest BCUT2D eigenvalue weighted by Gasteiger charge is 2.14. The van der Waals surface area contributed by atoms with Gasteiger partial charge in [-0.15, -0.1) is 24.0 Å². The van der Waals surface area contributed by atoms with Gasteiger partial charge in [-0.05, 0) is 37.0 Å². The van der Waals surface area contributed by atoms with Crippen LogP contribution in [-0.4, -0.2) is 45.4 Å². The number of ether oxygens (including phenoxy) is 1. The van der Waals surface area contributed by atoms with Gasteiger partial charge >= 0.3 is 0 Å². The Labute approximate surface area is 198 Å². The standard InChI is InChI=1S/C24H34N4O.HI/c1-4-25-24(26-17-20(3)21-11-9-19(2)10-12-21)27-18-22-7-5-6-8-23(22)28-13-15-29-16-14-28;/h5-12,20H,4,13-18H2,1-3H3,(H2,25,26,27);1H. The van der Waals surface area contributed by atoms with Gasteiger partial charge in [0, 0.05) is 31.9 Å². The number of rotatable bonds is 7. The molecule has 2 aromatic carbocycles. The van der Waals surface area contributed by atoms with E-state index in [-0.39, 0.29) is 24.0 Å². The molecular weight excluding hydrogens is 487 g/mol. The Morgan fingerprint density at radius 2 is 1.77 bits per heavy atom. The zero-order valence-electron chi connectivity index (χ0n) is 18.4. The smallest absolute Gasteiger partial charge is 0.191 e. The fraction of sp³-hybridized carbons (Fsp3) is 0.458. The van der Waals surface area contributed by atoms with Gasteiger partial charge in [-0.2, -0.15) is 0 Å². The highest BCUT2D eigenvalue weighted by Crippen LogP contribution is 2.22. The van der Waals surface area contributed by atoms with E-state index in [0.717, 1.165) is 45.4 Å². The highest BCUT2D eigenvalue weighted by molar-refractivity contribution is 14.0. The summed E-state index contributed by atoms with van der Waals surface area (Å²) in [4.78, 5) is 7.25. The number of para-hydroxylation sites is 1. The van der Waals surface area contributed by atoms with E-state index in [1.54, 1.807) is 0 Å². The number of guanidine groups is 1. The summed E-state index contributed by atoms with van der Waals surface area (Å²) >= 11 is 0. The third-order valence-corrected chi connectivity index (χ3v) is 5.32. The average molecular weight is 522 g/mol. The maximum atomic E-state index is 5.50. The van der Waals surface area contributed by atoms with Crippen LogP contribution < -0.4 is 15.5 Å². The van der Waals surface area contributed by atoms with Gasteiger partial charge in [0.15, 0.2) is 5.96 Å². The van der Waals surface area contributed by atoms with Crippen LogP contribution in [0.2, 0.25) is 0 Å². The third-order valence-electron chi connectivity index (χ3n) is 5.32. The van der Waals surface area contributed by atoms with Crippen LogP contribution in [0, 0.1) is 6.92 Å². The van der Waals surface area contributed by atoms with E-state index in [2.05, 4.69) is 84.8 Å². The van der Waals surface area contributed by atoms with E-state index in [1.165, 1.54) is 22.4 Å². The molecule has 0 aromatic heterocycles. The number of hydrogen-bond donors (Lipinski definition) is 2. The molecule has 1 fully saturated rings. The number of anilines is 1. The second-order valence-electron chi connectivity index (χ2n) is 7.62. The number of aryl methyl sites for hydroxylation is 1. The van der Waals surface area contributed by atoms with Crippen molar-refractivity contribution >= 4 is 35.6 Å². The largest absolute Gasteiger partial charge is 0.378 e. The van der Waals surface area contributed by atoms with Gasteiger partial charge in [0.2, 0.25) is 0 Å². The van der Waals surface area contributed by atoms with Crippen molar-refractivity contribution in [1.82, 2.24) is 10.6 Å². The number of morpholine rings is 1. The molecule has 1 saturated heterocycles. The van der Waals surface area contributed by atoms with Gasteiger partial charge in [-0.25, -0.2) is 4.99 Å². The number of aliphatic imine (C=N–C) groups is 1. The summed E-state index contributed by atoms with van der Waals surface area (Å²) in [5, 5.41) is 6.88. The topological polar surface area (TPSA) is 48.9 Å². The highest BCUT2D eigenvalue weighted by atomic mass is 127.